The lowest BCUT2D eigenvalue weighted by molar-refractivity contribution is 0.952. The second-order valence-electron chi connectivity index (χ2n) is 22.9. The minimum atomic E-state index is 0.578. The van der Waals surface area contributed by atoms with E-state index in [0.717, 1.165) is 117 Å². The summed E-state index contributed by atoms with van der Waals surface area (Å²) in [7, 11) is 0. The first-order chi connectivity index (χ1) is 43.7. The van der Waals surface area contributed by atoms with E-state index in [-0.39, 0.29) is 0 Å². The molecule has 13 aromatic carbocycles. The van der Waals surface area contributed by atoms with Crippen molar-refractivity contribution in [1.82, 2.24) is 28.2 Å². The van der Waals surface area contributed by atoms with Gasteiger partial charge in [-0.05, 0) is 142 Å². The van der Waals surface area contributed by atoms with Crippen molar-refractivity contribution >= 4 is 87.2 Å². The van der Waals surface area contributed by atoms with Crippen LogP contribution in [0.1, 0.15) is 0 Å². The van der Waals surface area contributed by atoms with Crippen LogP contribution >= 0.6 is 0 Å². The van der Waals surface area contributed by atoms with Crippen LogP contribution in [0.4, 0.5) is 0 Å². The highest BCUT2D eigenvalue weighted by Gasteiger charge is 2.24. The first kappa shape index (κ1) is 49.6. The molecule has 0 aliphatic rings. The third-order valence-corrected chi connectivity index (χ3v) is 18.0. The van der Waals surface area contributed by atoms with E-state index in [1.807, 2.05) is 0 Å². The van der Waals surface area contributed by atoms with Crippen molar-refractivity contribution < 1.29 is 0 Å². The van der Waals surface area contributed by atoms with E-state index in [9.17, 15) is 0 Å². The second kappa shape index (κ2) is 19.9. The quantitative estimate of drug-likeness (QED) is 0.145. The van der Waals surface area contributed by atoms with Crippen LogP contribution in [0.3, 0.4) is 0 Å². The topological polar surface area (TPSA) is 45.5 Å². The van der Waals surface area contributed by atoms with Gasteiger partial charge in [-0.25, -0.2) is 4.98 Å². The van der Waals surface area contributed by atoms with Crippen LogP contribution < -0.4 is 0 Å². The maximum Gasteiger partial charge on any atom is 0.237 e. The van der Waals surface area contributed by atoms with E-state index in [1.54, 1.807) is 0 Å². The molecule has 0 aliphatic heterocycles. The first-order valence-electron chi connectivity index (χ1n) is 30.1. The molecule has 5 heterocycles. The van der Waals surface area contributed by atoms with Crippen LogP contribution in [-0.4, -0.2) is 28.2 Å². The van der Waals surface area contributed by atoms with E-state index in [0.29, 0.717) is 5.95 Å². The molecule has 18 rings (SSSR count). The molecular weight excluding hydrogens is 1070 g/mol. The van der Waals surface area contributed by atoms with Gasteiger partial charge in [-0.2, -0.15) is 4.98 Å². The summed E-state index contributed by atoms with van der Waals surface area (Å²) in [6.07, 6.45) is 0. The Morgan fingerprint density at radius 3 is 0.932 bits per heavy atom. The van der Waals surface area contributed by atoms with Gasteiger partial charge in [0.2, 0.25) is 5.95 Å². The molecule has 0 spiro atoms. The summed E-state index contributed by atoms with van der Waals surface area (Å²) in [6.45, 7) is 0. The minimum Gasteiger partial charge on any atom is -0.309 e. The molecule has 0 unspecified atom stereocenters. The molecule has 0 saturated carbocycles. The van der Waals surface area contributed by atoms with Crippen LogP contribution in [-0.2, 0) is 0 Å². The van der Waals surface area contributed by atoms with Gasteiger partial charge >= 0.3 is 0 Å². The molecule has 6 heteroatoms. The number of aromatic nitrogens is 6. The second-order valence-corrected chi connectivity index (χ2v) is 22.9. The lowest BCUT2D eigenvalue weighted by Crippen LogP contribution is -2.08. The van der Waals surface area contributed by atoms with Crippen LogP contribution in [0.2, 0.25) is 0 Å². The molecule has 0 N–H and O–H groups in total. The minimum absolute atomic E-state index is 0.578. The molecule has 18 aromatic rings. The molecule has 6 nitrogen and oxygen atoms in total. The molecule has 0 radical (unpaired) electrons. The summed E-state index contributed by atoms with van der Waals surface area (Å²) >= 11 is 0. The zero-order valence-corrected chi connectivity index (χ0v) is 47.7. The molecular formula is C82H52N6. The average molecular weight is 1120 g/mol. The van der Waals surface area contributed by atoms with Gasteiger partial charge in [0.1, 0.15) is 5.82 Å². The third-order valence-electron chi connectivity index (χ3n) is 18.0. The molecule has 0 fully saturated rings. The van der Waals surface area contributed by atoms with Crippen molar-refractivity contribution in [2.75, 3.05) is 0 Å². The molecule has 5 aromatic heterocycles. The van der Waals surface area contributed by atoms with Crippen molar-refractivity contribution in [3.05, 3.63) is 315 Å². The van der Waals surface area contributed by atoms with Crippen molar-refractivity contribution in [1.29, 1.82) is 0 Å². The summed E-state index contributed by atoms with van der Waals surface area (Å²) in [5, 5.41) is 9.42. The van der Waals surface area contributed by atoms with Gasteiger partial charge < -0.3 is 9.13 Å². The number of para-hydroxylation sites is 6. The Bertz CT molecular complexity index is 5440. The van der Waals surface area contributed by atoms with Crippen molar-refractivity contribution in [3.63, 3.8) is 0 Å². The molecule has 0 atom stereocenters. The molecule has 0 saturated heterocycles. The Hall–Kier alpha value is -11.9. The molecule has 88 heavy (non-hydrogen) atoms. The number of benzene rings is 13. The molecule has 410 valence electrons. The Labute approximate surface area is 507 Å². The first-order valence-corrected chi connectivity index (χ1v) is 30.1. The standard InChI is InChI=1S/C82H52N6/c1-5-22-53(23-6-1)61-34-21-35-62(54-24-7-2-8-25-54)81(61)71-52-80(87-74-38-19-15-32-65(74)69-50-57(42-46-78(69)87)55-40-44-76-67(48-55)63-30-13-17-36-72(63)85(76)59-26-9-3-10-27-59)84-82(83-71)88-75-39-20-16-33-66(75)70-51-58(43-47-79(70)88)56-41-45-77-68(49-56)64-31-14-18-37-73(64)86(77)60-28-11-4-12-29-60/h1-52H. The number of nitrogens with zero attached hydrogens (tertiary/aromatic N) is 6. The zero-order chi connectivity index (χ0) is 57.8. The van der Waals surface area contributed by atoms with Gasteiger partial charge in [0, 0.05) is 66.1 Å². The largest absolute Gasteiger partial charge is 0.309 e. The molecule has 0 aliphatic carbocycles. The summed E-state index contributed by atoms with van der Waals surface area (Å²) in [6, 6.07) is 114. The van der Waals surface area contributed by atoms with Gasteiger partial charge in [-0.3, -0.25) is 9.13 Å². The van der Waals surface area contributed by atoms with E-state index in [1.165, 1.54) is 43.6 Å². The lowest BCUT2D eigenvalue weighted by atomic mass is 9.90. The van der Waals surface area contributed by atoms with Crippen LogP contribution in [0.5, 0.6) is 0 Å². The average Bonchev–Trinajstić information content (AvgIpc) is 1.91. The van der Waals surface area contributed by atoms with Crippen LogP contribution in [0.15, 0.2) is 315 Å². The number of rotatable bonds is 9. The van der Waals surface area contributed by atoms with E-state index < -0.39 is 0 Å². The number of hydrogen-bond acceptors (Lipinski definition) is 2. The predicted molar refractivity (Wildman–Crippen MR) is 367 cm³/mol. The monoisotopic (exact) mass is 1120 g/mol. The van der Waals surface area contributed by atoms with Crippen LogP contribution in [0.25, 0.3) is 166 Å². The summed E-state index contributed by atoms with van der Waals surface area (Å²) in [4.78, 5) is 11.6. The molecule has 0 amide bonds. The number of fused-ring (bicyclic) bond motifs is 12. The van der Waals surface area contributed by atoms with E-state index in [4.69, 9.17) is 9.97 Å². The maximum atomic E-state index is 5.82. The Balaban J connectivity index is 0.857. The number of hydrogen-bond donors (Lipinski definition) is 0. The Morgan fingerprint density at radius 2 is 0.523 bits per heavy atom. The SMILES string of the molecule is c1ccc(-c2cccc(-c3ccccc3)c2-c2cc(-n3c4ccccc4c4cc(-c5ccc6c(c5)c5ccccc5n6-c5ccccc5)ccc43)nc(-n3c4ccccc4c4cc(-c5ccc6c(c5)c5ccccc5n6-c5ccccc5)ccc43)n2)cc1. The Kier molecular flexibility index (Phi) is 11.2. The normalized spacial score (nSPS) is 11.9. The van der Waals surface area contributed by atoms with E-state index in [2.05, 4.69) is 334 Å². The van der Waals surface area contributed by atoms with Crippen molar-refractivity contribution in [3.8, 4) is 78.9 Å². The van der Waals surface area contributed by atoms with E-state index >= 15 is 0 Å². The van der Waals surface area contributed by atoms with Gasteiger partial charge in [-0.15, -0.1) is 0 Å². The fourth-order valence-corrected chi connectivity index (χ4v) is 14.1. The van der Waals surface area contributed by atoms with Gasteiger partial charge in [0.25, 0.3) is 0 Å². The highest BCUT2D eigenvalue weighted by atomic mass is 15.2. The Morgan fingerprint density at radius 1 is 0.205 bits per heavy atom. The third kappa shape index (κ3) is 7.76. The lowest BCUT2D eigenvalue weighted by Gasteiger charge is -2.18. The maximum absolute atomic E-state index is 5.82. The molecule has 0 bridgehead atoms. The van der Waals surface area contributed by atoms with Gasteiger partial charge in [0.05, 0.1) is 49.8 Å². The van der Waals surface area contributed by atoms with Crippen molar-refractivity contribution in [2.45, 2.75) is 0 Å². The van der Waals surface area contributed by atoms with Crippen LogP contribution in [0, 0.1) is 0 Å². The van der Waals surface area contributed by atoms with Gasteiger partial charge in [-0.1, -0.05) is 212 Å². The predicted octanol–water partition coefficient (Wildman–Crippen LogP) is 21.2. The highest BCUT2D eigenvalue weighted by molar-refractivity contribution is 6.15. The summed E-state index contributed by atoms with van der Waals surface area (Å²) in [5.41, 5.74) is 22.0. The fourth-order valence-electron chi connectivity index (χ4n) is 14.1. The summed E-state index contributed by atoms with van der Waals surface area (Å²) in [5.74, 6) is 1.34. The summed E-state index contributed by atoms with van der Waals surface area (Å²) < 4.78 is 9.38. The van der Waals surface area contributed by atoms with Gasteiger partial charge in [0.15, 0.2) is 0 Å². The fraction of sp³-hybridized carbons (Fsp3) is 0. The zero-order valence-electron chi connectivity index (χ0n) is 47.7. The van der Waals surface area contributed by atoms with Crippen molar-refractivity contribution in [2.24, 2.45) is 0 Å². The smallest absolute Gasteiger partial charge is 0.237 e. The highest BCUT2D eigenvalue weighted by Crippen LogP contribution is 2.44.